The number of thiophene rings is 1. The Morgan fingerprint density at radius 2 is 1.73 bits per heavy atom. The molecule has 4 aromatic rings. The van der Waals surface area contributed by atoms with Crippen molar-refractivity contribution in [2.24, 2.45) is 0 Å². The normalized spacial score (nSPS) is 14.1. The fraction of sp³-hybridized carbons (Fsp3) is 0.182. The van der Waals surface area contributed by atoms with Crippen LogP contribution in [-0.2, 0) is 0 Å². The highest BCUT2D eigenvalue weighted by molar-refractivity contribution is 7.20. The van der Waals surface area contributed by atoms with Crippen LogP contribution in [0.25, 0.3) is 10.1 Å². The summed E-state index contributed by atoms with van der Waals surface area (Å²) in [5, 5.41) is 13.0. The van der Waals surface area contributed by atoms with Gasteiger partial charge in [0.2, 0.25) is 0 Å². The predicted octanol–water partition coefficient (Wildman–Crippen LogP) is 3.79. The van der Waals surface area contributed by atoms with Gasteiger partial charge in [-0.25, -0.2) is 0 Å². The smallest absolute Gasteiger partial charge is 0.264 e. The highest BCUT2D eigenvalue weighted by atomic mass is 32.1. The van der Waals surface area contributed by atoms with Crippen molar-refractivity contribution in [3.8, 4) is 0 Å². The van der Waals surface area contributed by atoms with E-state index < -0.39 is 0 Å². The summed E-state index contributed by atoms with van der Waals surface area (Å²) in [5.41, 5.74) is 0.917. The number of carbonyl (C=O) groups is 1. The second-order valence-corrected chi connectivity index (χ2v) is 8.15. The highest BCUT2D eigenvalue weighted by Crippen LogP contribution is 2.27. The maximum absolute atomic E-state index is 12.9. The lowest BCUT2D eigenvalue weighted by molar-refractivity contribution is 0.0751. The summed E-state index contributed by atoms with van der Waals surface area (Å²) in [5.74, 6) is 1.62. The van der Waals surface area contributed by atoms with Crippen molar-refractivity contribution in [1.82, 2.24) is 20.1 Å². The lowest BCUT2D eigenvalue weighted by Crippen LogP contribution is -2.48. The summed E-state index contributed by atoms with van der Waals surface area (Å²) in [6, 6.07) is 17.7. The summed E-state index contributed by atoms with van der Waals surface area (Å²) in [4.78, 5) is 21.8. The van der Waals surface area contributed by atoms with Gasteiger partial charge in [-0.1, -0.05) is 18.2 Å². The number of anilines is 3. The minimum absolute atomic E-state index is 0.110. The molecule has 1 saturated heterocycles. The predicted molar refractivity (Wildman–Crippen MR) is 119 cm³/mol. The summed E-state index contributed by atoms with van der Waals surface area (Å²) >= 11 is 1.56. The third kappa shape index (κ3) is 3.81. The van der Waals surface area contributed by atoms with E-state index in [-0.39, 0.29) is 5.91 Å². The molecule has 4 heterocycles. The van der Waals surface area contributed by atoms with Crippen LogP contribution in [0.1, 0.15) is 9.67 Å². The van der Waals surface area contributed by atoms with E-state index in [9.17, 15) is 4.79 Å². The molecule has 1 amide bonds. The van der Waals surface area contributed by atoms with Crippen LogP contribution in [0.4, 0.5) is 17.3 Å². The number of benzene rings is 1. The van der Waals surface area contributed by atoms with Crippen LogP contribution in [0, 0.1) is 0 Å². The Balaban J connectivity index is 1.20. The van der Waals surface area contributed by atoms with E-state index in [4.69, 9.17) is 0 Å². The van der Waals surface area contributed by atoms with E-state index in [1.165, 1.54) is 0 Å². The largest absolute Gasteiger partial charge is 0.352 e. The maximum Gasteiger partial charge on any atom is 0.264 e. The fourth-order valence-electron chi connectivity index (χ4n) is 3.53. The van der Waals surface area contributed by atoms with Crippen LogP contribution < -0.4 is 10.2 Å². The highest BCUT2D eigenvalue weighted by Gasteiger charge is 2.24. The number of aromatic nitrogens is 3. The van der Waals surface area contributed by atoms with Gasteiger partial charge in [0, 0.05) is 49.0 Å². The van der Waals surface area contributed by atoms with E-state index in [1.54, 1.807) is 23.7 Å². The average Bonchev–Trinajstić information content (AvgIpc) is 3.24. The first-order valence-corrected chi connectivity index (χ1v) is 10.6. The molecule has 1 fully saturated rings. The molecule has 3 aromatic heterocycles. The Bertz CT molecular complexity index is 1120. The standard InChI is InChI=1S/C22H20N6OS/c29-22(19-15-16-3-1-2-4-18(16)30-19)28-13-11-27(12-14-28)21-6-5-20(25-26-21)24-17-7-9-23-10-8-17/h1-10,15H,11-14H2,(H,23,24,25). The molecule has 30 heavy (non-hydrogen) atoms. The third-order valence-corrected chi connectivity index (χ3v) is 6.23. The molecule has 0 radical (unpaired) electrons. The molecule has 0 bridgehead atoms. The molecule has 0 saturated carbocycles. The van der Waals surface area contributed by atoms with Gasteiger partial charge in [-0.2, -0.15) is 0 Å². The average molecular weight is 417 g/mol. The van der Waals surface area contributed by atoms with Gasteiger partial charge < -0.3 is 15.1 Å². The molecule has 1 N–H and O–H groups in total. The number of pyridine rings is 1. The topological polar surface area (TPSA) is 74.2 Å². The number of nitrogens with one attached hydrogen (secondary N) is 1. The second kappa shape index (κ2) is 8.08. The lowest BCUT2D eigenvalue weighted by atomic mass is 10.2. The molecule has 1 aliphatic rings. The molecular formula is C22H20N6OS. The molecule has 0 atom stereocenters. The molecule has 0 aliphatic carbocycles. The van der Waals surface area contributed by atoms with Gasteiger partial charge in [-0.15, -0.1) is 21.5 Å². The van der Waals surface area contributed by atoms with E-state index in [1.807, 2.05) is 53.4 Å². The van der Waals surface area contributed by atoms with Crippen molar-refractivity contribution in [1.29, 1.82) is 0 Å². The van der Waals surface area contributed by atoms with E-state index in [0.717, 1.165) is 39.6 Å². The minimum Gasteiger partial charge on any atom is -0.352 e. The molecule has 8 heteroatoms. The molecule has 7 nitrogen and oxygen atoms in total. The first-order chi connectivity index (χ1) is 14.8. The van der Waals surface area contributed by atoms with Gasteiger partial charge in [-0.05, 0) is 41.8 Å². The number of rotatable bonds is 4. The van der Waals surface area contributed by atoms with Gasteiger partial charge in [0.15, 0.2) is 11.6 Å². The van der Waals surface area contributed by atoms with E-state index >= 15 is 0 Å². The van der Waals surface area contributed by atoms with E-state index in [0.29, 0.717) is 18.9 Å². The van der Waals surface area contributed by atoms with Gasteiger partial charge in [0.25, 0.3) is 5.91 Å². The zero-order valence-corrected chi connectivity index (χ0v) is 17.0. The van der Waals surface area contributed by atoms with Crippen LogP contribution in [0.2, 0.25) is 0 Å². The number of hydrogen-bond donors (Lipinski definition) is 1. The van der Waals surface area contributed by atoms with Crippen molar-refractivity contribution in [2.75, 3.05) is 36.4 Å². The number of nitrogens with zero attached hydrogens (tertiary/aromatic N) is 5. The summed E-state index contributed by atoms with van der Waals surface area (Å²) in [6.45, 7) is 2.82. The zero-order chi connectivity index (χ0) is 20.3. The fourth-order valence-corrected chi connectivity index (χ4v) is 4.56. The van der Waals surface area contributed by atoms with Crippen molar-refractivity contribution in [3.63, 3.8) is 0 Å². The van der Waals surface area contributed by atoms with Crippen molar-refractivity contribution in [2.45, 2.75) is 0 Å². The molecule has 1 aliphatic heterocycles. The van der Waals surface area contributed by atoms with Crippen LogP contribution in [-0.4, -0.2) is 52.2 Å². The first-order valence-electron chi connectivity index (χ1n) is 9.80. The van der Waals surface area contributed by atoms with Crippen LogP contribution in [0.3, 0.4) is 0 Å². The number of fused-ring (bicyclic) bond motifs is 1. The first kappa shape index (κ1) is 18.5. The lowest BCUT2D eigenvalue weighted by Gasteiger charge is -2.35. The van der Waals surface area contributed by atoms with Crippen LogP contribution in [0.15, 0.2) is 67.0 Å². The Morgan fingerprint density at radius 3 is 2.47 bits per heavy atom. The van der Waals surface area contributed by atoms with Crippen molar-refractivity contribution in [3.05, 3.63) is 71.9 Å². The number of piperazine rings is 1. The monoisotopic (exact) mass is 416 g/mol. The Hall–Kier alpha value is -3.52. The third-order valence-electron chi connectivity index (χ3n) is 5.13. The number of amides is 1. The van der Waals surface area contributed by atoms with Gasteiger partial charge in [0.05, 0.1) is 4.88 Å². The SMILES string of the molecule is O=C(c1cc2ccccc2s1)N1CCN(c2ccc(Nc3ccncc3)nn2)CC1. The zero-order valence-electron chi connectivity index (χ0n) is 16.2. The number of hydrogen-bond acceptors (Lipinski definition) is 7. The maximum atomic E-state index is 12.9. The molecule has 1 aromatic carbocycles. The van der Waals surface area contributed by atoms with Crippen LogP contribution >= 0.6 is 11.3 Å². The van der Waals surface area contributed by atoms with Crippen LogP contribution in [0.5, 0.6) is 0 Å². The molecule has 0 unspecified atom stereocenters. The quantitative estimate of drug-likeness (QED) is 0.546. The summed E-state index contributed by atoms with van der Waals surface area (Å²) in [6.07, 6.45) is 3.45. The molecule has 0 spiro atoms. The van der Waals surface area contributed by atoms with Gasteiger partial charge in [-0.3, -0.25) is 9.78 Å². The van der Waals surface area contributed by atoms with Crippen molar-refractivity contribution < 1.29 is 4.79 Å². The van der Waals surface area contributed by atoms with E-state index in [2.05, 4.69) is 31.5 Å². The molecule has 5 rings (SSSR count). The second-order valence-electron chi connectivity index (χ2n) is 7.07. The van der Waals surface area contributed by atoms with Gasteiger partial charge >= 0.3 is 0 Å². The molecule has 150 valence electrons. The summed E-state index contributed by atoms with van der Waals surface area (Å²) < 4.78 is 1.15. The Labute approximate surface area is 178 Å². The molecular weight excluding hydrogens is 396 g/mol. The Morgan fingerprint density at radius 1 is 0.933 bits per heavy atom. The Kier molecular flexibility index (Phi) is 4.98. The van der Waals surface area contributed by atoms with Gasteiger partial charge in [0.1, 0.15) is 0 Å². The minimum atomic E-state index is 0.110. The number of carbonyl (C=O) groups excluding carboxylic acids is 1. The van der Waals surface area contributed by atoms with Crippen molar-refractivity contribution >= 4 is 44.7 Å². The summed E-state index contributed by atoms with van der Waals surface area (Å²) in [7, 11) is 0.